The normalized spacial score (nSPS) is 12.6. The number of hydrogen-bond acceptors (Lipinski definition) is 11. The second-order valence-electron chi connectivity index (χ2n) is 9.52. The van der Waals surface area contributed by atoms with Crippen LogP contribution in [-0.2, 0) is 25.7 Å². The molecule has 4 aromatic rings. The highest BCUT2D eigenvalue weighted by atomic mass is 32.2. The van der Waals surface area contributed by atoms with Crippen LogP contribution in [0.2, 0.25) is 0 Å². The first kappa shape index (κ1) is 28.5. The molecule has 3 aromatic heterocycles. The number of azo groups is 1. The van der Waals surface area contributed by atoms with Crippen molar-refractivity contribution < 1.29 is 25.9 Å². The number of aromatic nitrogens is 5. The highest BCUT2D eigenvalue weighted by Gasteiger charge is 2.29. The maximum atomic E-state index is 12.1. The van der Waals surface area contributed by atoms with Crippen LogP contribution in [0.4, 0.5) is 17.3 Å². The van der Waals surface area contributed by atoms with E-state index in [1.807, 2.05) is 26.8 Å². The summed E-state index contributed by atoms with van der Waals surface area (Å²) in [6.45, 7) is 7.03. The third kappa shape index (κ3) is 5.33. The molecule has 0 atom stereocenters. The smallest absolute Gasteiger partial charge is 0.296 e. The quantitative estimate of drug-likeness (QED) is 0.219. The van der Waals surface area contributed by atoms with E-state index in [0.717, 1.165) is 22.9 Å². The van der Waals surface area contributed by atoms with Crippen LogP contribution in [0.5, 0.6) is 0 Å². The van der Waals surface area contributed by atoms with Gasteiger partial charge in [0.1, 0.15) is 16.5 Å². The Bertz CT molecular complexity index is 1920. The molecule has 3 heterocycles. The Labute approximate surface area is 229 Å². The molecule has 4 rings (SSSR count). The third-order valence-electron chi connectivity index (χ3n) is 5.60. The van der Waals surface area contributed by atoms with Gasteiger partial charge in [0.15, 0.2) is 23.1 Å². The summed E-state index contributed by atoms with van der Waals surface area (Å²) in [7, 11) is -9.72. The Morgan fingerprint density at radius 3 is 2.25 bits per heavy atom. The fourth-order valence-electron chi connectivity index (χ4n) is 3.73. The Morgan fingerprint density at radius 2 is 1.70 bits per heavy atom. The summed E-state index contributed by atoms with van der Waals surface area (Å²) in [5, 5.41) is 26.9. The fourth-order valence-corrected chi connectivity index (χ4v) is 4.88. The predicted molar refractivity (Wildman–Crippen MR) is 141 cm³/mol. The summed E-state index contributed by atoms with van der Waals surface area (Å²) in [5.41, 5.74) is 5.80. The maximum Gasteiger partial charge on any atom is 0.296 e. The average molecular weight is 586 g/mol. The molecule has 0 bridgehead atoms. The second-order valence-corrected chi connectivity index (χ2v) is 12.3. The Hall–Kier alpha value is -4.50. The number of pyridine rings is 1. The molecule has 15 nitrogen and oxygen atoms in total. The van der Waals surface area contributed by atoms with E-state index in [1.165, 1.54) is 11.6 Å². The zero-order valence-electron chi connectivity index (χ0n) is 21.5. The molecule has 1 aromatic carbocycles. The zero-order chi connectivity index (χ0) is 29.6. The Morgan fingerprint density at radius 1 is 1.00 bits per heavy atom. The molecule has 0 aliphatic rings. The molecule has 17 heteroatoms. The molecular formula is C23H23N9O6S2. The number of rotatable bonds is 6. The summed E-state index contributed by atoms with van der Waals surface area (Å²) in [5.74, 6) is 0.174. The minimum Gasteiger partial charge on any atom is -0.382 e. The largest absolute Gasteiger partial charge is 0.382 e. The van der Waals surface area contributed by atoms with Gasteiger partial charge < -0.3 is 5.73 Å². The standard InChI is InChI=1S/C23H23N9O6S2/c1-13-15(12-24)22(31(29-13)16-11-14(39(33,34)35)8-9-17(16)40(36,37)38)28-27-19-20(23(2,3)4)30-32(21(19)25)18-7-5-6-10-26-18/h5-11H,25H2,1-4H3,(H,33,34,35)(H,36,37,38). The SMILES string of the molecule is Cc1nn(-c2cc(S(=O)(=O)O)ccc2S(=O)(=O)O)c(N=Nc2c(C(C)(C)C)nn(-c3ccccn3)c2N)c1C#N. The monoisotopic (exact) mass is 585 g/mol. The highest BCUT2D eigenvalue weighted by Crippen LogP contribution is 2.39. The van der Waals surface area contributed by atoms with E-state index in [2.05, 4.69) is 25.4 Å². The van der Waals surface area contributed by atoms with Gasteiger partial charge in [0.2, 0.25) is 0 Å². The number of nitrogen functional groups attached to an aromatic ring is 1. The van der Waals surface area contributed by atoms with E-state index in [1.54, 1.807) is 24.4 Å². The van der Waals surface area contributed by atoms with Crippen LogP contribution in [0.3, 0.4) is 0 Å². The predicted octanol–water partition coefficient (Wildman–Crippen LogP) is 3.42. The first-order valence-electron chi connectivity index (χ1n) is 11.3. The summed E-state index contributed by atoms with van der Waals surface area (Å²) < 4.78 is 69.3. The van der Waals surface area contributed by atoms with E-state index >= 15 is 0 Å². The van der Waals surface area contributed by atoms with Crippen molar-refractivity contribution >= 4 is 37.6 Å². The minimum absolute atomic E-state index is 0.0701. The van der Waals surface area contributed by atoms with E-state index in [-0.39, 0.29) is 28.6 Å². The highest BCUT2D eigenvalue weighted by molar-refractivity contribution is 7.86. The minimum atomic E-state index is -4.93. The van der Waals surface area contributed by atoms with Crippen LogP contribution < -0.4 is 5.73 Å². The molecule has 0 amide bonds. The molecular weight excluding hydrogens is 562 g/mol. The summed E-state index contributed by atoms with van der Waals surface area (Å²) >= 11 is 0. The lowest BCUT2D eigenvalue weighted by Crippen LogP contribution is -2.13. The van der Waals surface area contributed by atoms with E-state index < -0.39 is 41.1 Å². The van der Waals surface area contributed by atoms with Gasteiger partial charge in [-0.3, -0.25) is 9.11 Å². The molecule has 0 saturated heterocycles. The van der Waals surface area contributed by atoms with Gasteiger partial charge in [-0.2, -0.15) is 37.0 Å². The summed E-state index contributed by atoms with van der Waals surface area (Å²) in [6, 6.07) is 9.37. The molecule has 0 radical (unpaired) electrons. The van der Waals surface area contributed by atoms with E-state index in [9.17, 15) is 31.2 Å². The molecule has 0 aliphatic heterocycles. The lowest BCUT2D eigenvalue weighted by atomic mass is 9.91. The fraction of sp³-hybridized carbons (Fsp3) is 0.217. The van der Waals surface area contributed by atoms with Crippen molar-refractivity contribution in [2.45, 2.75) is 42.9 Å². The van der Waals surface area contributed by atoms with E-state index in [0.29, 0.717) is 11.5 Å². The summed E-state index contributed by atoms with van der Waals surface area (Å²) in [6.07, 6.45) is 1.56. The van der Waals surface area contributed by atoms with Crippen molar-refractivity contribution in [3.63, 3.8) is 0 Å². The topological polar surface area (TPSA) is 232 Å². The number of aryl methyl sites for hydroxylation is 1. The van der Waals surface area contributed by atoms with Crippen LogP contribution in [0.15, 0.2) is 62.6 Å². The van der Waals surface area contributed by atoms with Gasteiger partial charge in [0.05, 0.1) is 22.0 Å². The van der Waals surface area contributed by atoms with Crippen LogP contribution in [-0.4, -0.2) is 50.5 Å². The molecule has 0 aliphatic carbocycles. The number of benzene rings is 1. The van der Waals surface area contributed by atoms with Gasteiger partial charge in [-0.1, -0.05) is 26.8 Å². The Kier molecular flexibility index (Phi) is 7.06. The van der Waals surface area contributed by atoms with Crippen molar-refractivity contribution in [2.24, 2.45) is 10.2 Å². The number of anilines is 1. The first-order valence-corrected chi connectivity index (χ1v) is 14.2. The van der Waals surface area contributed by atoms with Gasteiger partial charge in [-0.15, -0.1) is 10.2 Å². The molecule has 0 unspecified atom stereocenters. The molecule has 0 fully saturated rings. The molecule has 40 heavy (non-hydrogen) atoms. The van der Waals surface area contributed by atoms with Gasteiger partial charge >= 0.3 is 0 Å². The van der Waals surface area contributed by atoms with Crippen LogP contribution >= 0.6 is 0 Å². The number of hydrogen-bond donors (Lipinski definition) is 3. The zero-order valence-corrected chi connectivity index (χ0v) is 23.2. The number of nitriles is 1. The van der Waals surface area contributed by atoms with Crippen molar-refractivity contribution in [3.05, 3.63) is 59.5 Å². The van der Waals surface area contributed by atoms with Crippen molar-refractivity contribution in [2.75, 3.05) is 5.73 Å². The first-order chi connectivity index (χ1) is 18.5. The molecule has 208 valence electrons. The lowest BCUT2D eigenvalue weighted by molar-refractivity contribution is 0.477. The molecule has 0 spiro atoms. The summed E-state index contributed by atoms with van der Waals surface area (Å²) in [4.78, 5) is 2.79. The van der Waals surface area contributed by atoms with Crippen LogP contribution in [0.25, 0.3) is 11.5 Å². The van der Waals surface area contributed by atoms with Crippen molar-refractivity contribution in [1.29, 1.82) is 5.26 Å². The number of nitrogens with zero attached hydrogens (tertiary/aromatic N) is 8. The van der Waals surface area contributed by atoms with Gasteiger partial charge in [-0.05, 0) is 37.3 Å². The number of nitrogens with two attached hydrogens (primary N) is 1. The third-order valence-corrected chi connectivity index (χ3v) is 7.35. The van der Waals surface area contributed by atoms with Crippen molar-refractivity contribution in [1.82, 2.24) is 24.5 Å². The molecule has 4 N–H and O–H groups in total. The molecule has 0 saturated carbocycles. The van der Waals surface area contributed by atoms with E-state index in [4.69, 9.17) is 5.73 Å². The average Bonchev–Trinajstić information content (AvgIpc) is 3.37. The van der Waals surface area contributed by atoms with Crippen LogP contribution in [0.1, 0.15) is 37.7 Å². The van der Waals surface area contributed by atoms with Gasteiger partial charge in [0, 0.05) is 11.6 Å². The maximum absolute atomic E-state index is 12.1. The van der Waals surface area contributed by atoms with Crippen LogP contribution in [0, 0.1) is 18.3 Å². The Balaban J connectivity index is 2.00. The van der Waals surface area contributed by atoms with Gasteiger partial charge in [0.25, 0.3) is 20.2 Å². The lowest BCUT2D eigenvalue weighted by Gasteiger charge is -2.15. The van der Waals surface area contributed by atoms with Crippen molar-refractivity contribution in [3.8, 4) is 17.6 Å². The van der Waals surface area contributed by atoms with Gasteiger partial charge in [-0.25, -0.2) is 9.67 Å². The second kappa shape index (κ2) is 9.91.